The lowest BCUT2D eigenvalue weighted by Gasteiger charge is -2.37. The SMILES string of the molecule is CC=CCCC1COC(C2CCC(c3cc(F)c(C(F)(F)Oc4ccc(-c5ccc(C#N)c(F)c5)c(F)c4)c(F)c3)CC2)OC1. The fourth-order valence-electron chi connectivity index (χ4n) is 6.09. The van der Waals surface area contributed by atoms with Gasteiger partial charge in [-0.1, -0.05) is 18.2 Å². The molecule has 1 aliphatic heterocycles. The monoisotopic (exact) mass is 629 g/mol. The van der Waals surface area contributed by atoms with Crippen molar-refractivity contribution in [1.29, 1.82) is 5.26 Å². The van der Waals surface area contributed by atoms with Gasteiger partial charge < -0.3 is 14.2 Å². The molecule has 3 aromatic carbocycles. The molecular weight excluding hydrogens is 596 g/mol. The van der Waals surface area contributed by atoms with Gasteiger partial charge in [0, 0.05) is 23.5 Å². The van der Waals surface area contributed by atoms with Crippen molar-refractivity contribution in [3.63, 3.8) is 0 Å². The molecule has 0 spiro atoms. The predicted molar refractivity (Wildman–Crippen MR) is 155 cm³/mol. The Balaban J connectivity index is 1.21. The minimum atomic E-state index is -4.46. The molecule has 45 heavy (non-hydrogen) atoms. The smallest absolute Gasteiger partial charge is 0.429 e. The van der Waals surface area contributed by atoms with Crippen LogP contribution in [-0.4, -0.2) is 19.5 Å². The summed E-state index contributed by atoms with van der Waals surface area (Å²) in [6.45, 7) is 3.24. The molecule has 0 unspecified atom stereocenters. The van der Waals surface area contributed by atoms with Gasteiger partial charge >= 0.3 is 6.11 Å². The van der Waals surface area contributed by atoms with Crippen molar-refractivity contribution in [2.45, 2.75) is 63.8 Å². The van der Waals surface area contributed by atoms with E-state index in [2.05, 4.69) is 10.8 Å². The molecule has 3 aromatic rings. The average Bonchev–Trinajstić information content (AvgIpc) is 3.01. The van der Waals surface area contributed by atoms with Crippen LogP contribution in [0.25, 0.3) is 11.1 Å². The van der Waals surface area contributed by atoms with E-state index in [1.165, 1.54) is 6.07 Å². The molecule has 5 rings (SSSR count). The van der Waals surface area contributed by atoms with Crippen LogP contribution in [0.4, 0.5) is 26.3 Å². The molecule has 238 valence electrons. The molecule has 1 saturated carbocycles. The lowest BCUT2D eigenvalue weighted by Crippen LogP contribution is -2.38. The highest BCUT2D eigenvalue weighted by Crippen LogP contribution is 2.42. The van der Waals surface area contributed by atoms with Crippen molar-refractivity contribution in [2.24, 2.45) is 11.8 Å². The van der Waals surface area contributed by atoms with E-state index in [9.17, 15) is 8.78 Å². The summed E-state index contributed by atoms with van der Waals surface area (Å²) in [5, 5.41) is 8.86. The summed E-state index contributed by atoms with van der Waals surface area (Å²) in [6.07, 6.45) is 3.93. The molecule has 0 amide bonds. The van der Waals surface area contributed by atoms with Crippen LogP contribution in [0.2, 0.25) is 0 Å². The van der Waals surface area contributed by atoms with Crippen LogP contribution in [0.5, 0.6) is 5.75 Å². The zero-order chi connectivity index (χ0) is 32.1. The third kappa shape index (κ3) is 7.54. The van der Waals surface area contributed by atoms with Crippen LogP contribution in [0.1, 0.15) is 68.1 Å². The van der Waals surface area contributed by atoms with Crippen molar-refractivity contribution >= 4 is 0 Å². The average molecular weight is 630 g/mol. The van der Waals surface area contributed by atoms with Gasteiger partial charge in [0.15, 0.2) is 6.29 Å². The zero-order valence-electron chi connectivity index (χ0n) is 24.7. The molecule has 10 heteroatoms. The van der Waals surface area contributed by atoms with Gasteiger partial charge in [0.2, 0.25) is 0 Å². The molecule has 2 aliphatic rings. The minimum absolute atomic E-state index is 0.0621. The first-order valence-electron chi connectivity index (χ1n) is 15.0. The second kappa shape index (κ2) is 14.1. The van der Waals surface area contributed by atoms with Crippen molar-refractivity contribution in [3.05, 3.63) is 101 Å². The summed E-state index contributed by atoms with van der Waals surface area (Å²) in [5.74, 6) is -5.26. The standard InChI is InChI=1S/C35H33F6NO3/c1-2-3-4-5-21-19-43-34(44-20-21)23-8-6-22(7-9-23)26-15-31(38)33(32(39)16-26)35(40,41)45-27-12-13-28(30(37)17-27)24-10-11-25(18-42)29(36)14-24/h2-3,10-17,21-23,34H,4-9,19-20H2,1H3. The Morgan fingerprint density at radius 3 is 2.18 bits per heavy atom. The molecule has 0 radical (unpaired) electrons. The molecule has 1 heterocycles. The van der Waals surface area contributed by atoms with Gasteiger partial charge in [-0.3, -0.25) is 0 Å². The maximum atomic E-state index is 15.1. The molecule has 0 N–H and O–H groups in total. The van der Waals surface area contributed by atoms with Crippen LogP contribution >= 0.6 is 0 Å². The highest BCUT2D eigenvalue weighted by Gasteiger charge is 2.42. The maximum Gasteiger partial charge on any atom is 0.432 e. The summed E-state index contributed by atoms with van der Waals surface area (Å²) < 4.78 is 106. The topological polar surface area (TPSA) is 51.5 Å². The number of benzene rings is 3. The lowest BCUT2D eigenvalue weighted by atomic mass is 9.78. The normalized spacial score (nSPS) is 22.4. The Labute approximate surface area is 258 Å². The lowest BCUT2D eigenvalue weighted by molar-refractivity contribution is -0.229. The minimum Gasteiger partial charge on any atom is -0.429 e. The third-order valence-electron chi connectivity index (χ3n) is 8.54. The van der Waals surface area contributed by atoms with Crippen molar-refractivity contribution in [2.75, 3.05) is 13.2 Å². The highest BCUT2D eigenvalue weighted by atomic mass is 19.3. The van der Waals surface area contributed by atoms with E-state index in [1.807, 2.05) is 13.0 Å². The number of hydrogen-bond acceptors (Lipinski definition) is 4. The van der Waals surface area contributed by atoms with E-state index < -0.39 is 40.7 Å². The highest BCUT2D eigenvalue weighted by molar-refractivity contribution is 5.66. The van der Waals surface area contributed by atoms with Crippen molar-refractivity contribution in [3.8, 4) is 22.9 Å². The number of nitriles is 1. The molecule has 0 atom stereocenters. The van der Waals surface area contributed by atoms with Gasteiger partial charge in [-0.2, -0.15) is 14.0 Å². The van der Waals surface area contributed by atoms with E-state index in [4.69, 9.17) is 14.7 Å². The number of ether oxygens (including phenoxy) is 3. The number of hydrogen-bond donors (Lipinski definition) is 0. The van der Waals surface area contributed by atoms with E-state index >= 15 is 17.6 Å². The van der Waals surface area contributed by atoms with E-state index in [0.29, 0.717) is 50.9 Å². The predicted octanol–water partition coefficient (Wildman–Crippen LogP) is 9.53. The summed E-state index contributed by atoms with van der Waals surface area (Å²) in [5.41, 5.74) is -1.62. The maximum absolute atomic E-state index is 15.1. The van der Waals surface area contributed by atoms with Gasteiger partial charge in [-0.15, -0.1) is 0 Å². The second-order valence-electron chi connectivity index (χ2n) is 11.6. The van der Waals surface area contributed by atoms with Crippen LogP contribution in [0.3, 0.4) is 0 Å². The van der Waals surface area contributed by atoms with Crippen molar-refractivity contribution < 1.29 is 40.6 Å². The molecular formula is C35H33F6NO3. The molecule has 1 saturated heterocycles. The molecule has 1 aliphatic carbocycles. The summed E-state index contributed by atoms with van der Waals surface area (Å²) in [7, 11) is 0. The molecule has 0 aromatic heterocycles. The third-order valence-corrected chi connectivity index (χ3v) is 8.54. The summed E-state index contributed by atoms with van der Waals surface area (Å²) in [6, 6.07) is 9.53. The Kier molecular flexibility index (Phi) is 10.2. The first-order chi connectivity index (χ1) is 21.6. The number of rotatable bonds is 9. The van der Waals surface area contributed by atoms with Crippen molar-refractivity contribution in [1.82, 2.24) is 0 Å². The molecule has 0 bridgehead atoms. The van der Waals surface area contributed by atoms with Crippen LogP contribution in [0, 0.1) is 46.4 Å². The van der Waals surface area contributed by atoms with Gasteiger partial charge in [-0.25, -0.2) is 17.6 Å². The first kappa shape index (κ1) is 32.6. The van der Waals surface area contributed by atoms with Gasteiger partial charge in [0.1, 0.15) is 40.7 Å². The number of halogens is 6. The Bertz CT molecular complexity index is 1550. The summed E-state index contributed by atoms with van der Waals surface area (Å²) in [4.78, 5) is 0. The fourth-order valence-corrected chi connectivity index (χ4v) is 6.09. The Morgan fingerprint density at radius 2 is 1.58 bits per heavy atom. The van der Waals surface area contributed by atoms with Crippen LogP contribution < -0.4 is 4.74 Å². The second-order valence-corrected chi connectivity index (χ2v) is 11.6. The number of alkyl halides is 2. The van der Waals surface area contributed by atoms with E-state index in [0.717, 1.165) is 49.2 Å². The number of allylic oxidation sites excluding steroid dienone is 2. The first-order valence-corrected chi connectivity index (χ1v) is 15.0. The van der Waals surface area contributed by atoms with Gasteiger partial charge in [0.05, 0.1) is 18.8 Å². The Morgan fingerprint density at radius 1 is 0.889 bits per heavy atom. The van der Waals surface area contributed by atoms with Crippen LogP contribution in [0.15, 0.2) is 60.7 Å². The Hall–Kier alpha value is -3.81. The van der Waals surface area contributed by atoms with Crippen LogP contribution in [-0.2, 0) is 15.6 Å². The quantitative estimate of drug-likeness (QED) is 0.175. The fraction of sp³-hybridized carbons (Fsp3) is 0.400. The van der Waals surface area contributed by atoms with E-state index in [1.54, 1.807) is 6.07 Å². The number of nitrogens with zero attached hydrogens (tertiary/aromatic N) is 1. The largest absolute Gasteiger partial charge is 0.432 e. The molecule has 4 nitrogen and oxygen atoms in total. The van der Waals surface area contributed by atoms with Gasteiger partial charge in [-0.05, 0) is 98.9 Å². The molecule has 2 fully saturated rings. The van der Waals surface area contributed by atoms with Gasteiger partial charge in [0.25, 0.3) is 0 Å². The summed E-state index contributed by atoms with van der Waals surface area (Å²) >= 11 is 0. The zero-order valence-corrected chi connectivity index (χ0v) is 24.7. The van der Waals surface area contributed by atoms with E-state index in [-0.39, 0.29) is 40.4 Å².